The van der Waals surface area contributed by atoms with E-state index in [1.807, 2.05) is 31.2 Å². The summed E-state index contributed by atoms with van der Waals surface area (Å²) in [4.78, 5) is 11.5. The highest BCUT2D eigenvalue weighted by molar-refractivity contribution is 5.83. The second-order valence-electron chi connectivity index (χ2n) is 3.98. The van der Waals surface area contributed by atoms with Crippen LogP contribution in [0.2, 0.25) is 0 Å². The van der Waals surface area contributed by atoms with E-state index in [2.05, 4.69) is 15.8 Å². The van der Waals surface area contributed by atoms with E-state index in [0.717, 1.165) is 11.3 Å². The van der Waals surface area contributed by atoms with Gasteiger partial charge >= 0.3 is 0 Å². The molecule has 0 radical (unpaired) electrons. The number of nitrogens with zero attached hydrogens (tertiary/aromatic N) is 1. The zero-order chi connectivity index (χ0) is 13.5. The summed E-state index contributed by atoms with van der Waals surface area (Å²) in [6.45, 7) is 2.15. The van der Waals surface area contributed by atoms with Gasteiger partial charge in [-0.2, -0.15) is 5.10 Å². The second kappa shape index (κ2) is 6.39. The monoisotopic (exact) mass is 257 g/mol. The Labute approximate surface area is 111 Å². The van der Waals surface area contributed by atoms with Crippen LogP contribution in [0.4, 0.5) is 5.69 Å². The number of para-hydroxylation sites is 1. The Morgan fingerprint density at radius 1 is 1.32 bits per heavy atom. The van der Waals surface area contributed by atoms with Crippen molar-refractivity contribution in [1.82, 2.24) is 5.43 Å². The number of aryl methyl sites for hydroxylation is 1. The number of hydrazone groups is 1. The molecule has 0 saturated carbocycles. The van der Waals surface area contributed by atoms with E-state index in [9.17, 15) is 4.79 Å². The second-order valence-corrected chi connectivity index (χ2v) is 3.98. The number of nitrogens with one attached hydrogen (secondary N) is 2. The lowest BCUT2D eigenvalue weighted by Gasteiger charge is -2.07. The average molecular weight is 257 g/mol. The van der Waals surface area contributed by atoms with Gasteiger partial charge < -0.3 is 9.73 Å². The third-order valence-electron chi connectivity index (χ3n) is 2.51. The number of rotatable bonds is 5. The molecule has 5 nitrogen and oxygen atoms in total. The summed E-state index contributed by atoms with van der Waals surface area (Å²) in [5.74, 6) is 0.373. The van der Waals surface area contributed by atoms with Gasteiger partial charge in [0.2, 0.25) is 0 Å². The van der Waals surface area contributed by atoms with Gasteiger partial charge in [0.05, 0.1) is 19.0 Å². The third-order valence-corrected chi connectivity index (χ3v) is 2.51. The van der Waals surface area contributed by atoms with Crippen molar-refractivity contribution in [3.05, 3.63) is 54.0 Å². The first kappa shape index (κ1) is 12.9. The number of amides is 1. The first-order valence-corrected chi connectivity index (χ1v) is 5.90. The quantitative estimate of drug-likeness (QED) is 0.637. The van der Waals surface area contributed by atoms with E-state index in [1.54, 1.807) is 18.4 Å². The third kappa shape index (κ3) is 3.99. The molecule has 0 aliphatic heterocycles. The molecule has 0 unspecified atom stereocenters. The standard InChI is InChI=1S/C14H15N3O2/c1-11-5-2-3-7-13(11)15-10-14(18)17-16-9-12-6-4-8-19-12/h2-9,15H,10H2,1H3,(H,17,18). The van der Waals surface area contributed by atoms with E-state index in [0.29, 0.717) is 5.76 Å². The van der Waals surface area contributed by atoms with Crippen molar-refractivity contribution >= 4 is 17.8 Å². The predicted molar refractivity (Wildman–Crippen MR) is 74.1 cm³/mol. The molecule has 0 saturated heterocycles. The van der Waals surface area contributed by atoms with E-state index in [1.165, 1.54) is 6.21 Å². The maximum atomic E-state index is 11.5. The summed E-state index contributed by atoms with van der Waals surface area (Å²) in [6.07, 6.45) is 2.99. The molecular weight excluding hydrogens is 242 g/mol. The first-order valence-electron chi connectivity index (χ1n) is 5.90. The van der Waals surface area contributed by atoms with Gasteiger partial charge in [-0.1, -0.05) is 18.2 Å². The first-order chi connectivity index (χ1) is 9.25. The minimum absolute atomic E-state index is 0.167. The molecule has 1 amide bonds. The van der Waals surface area contributed by atoms with Crippen molar-refractivity contribution < 1.29 is 9.21 Å². The summed E-state index contributed by atoms with van der Waals surface area (Å²) in [6, 6.07) is 11.3. The van der Waals surface area contributed by atoms with Crippen molar-refractivity contribution in [2.45, 2.75) is 6.92 Å². The number of hydrogen-bond acceptors (Lipinski definition) is 4. The van der Waals surface area contributed by atoms with Gasteiger partial charge in [0, 0.05) is 5.69 Å². The van der Waals surface area contributed by atoms with Gasteiger partial charge in [-0.25, -0.2) is 5.43 Å². The largest absolute Gasteiger partial charge is 0.463 e. The lowest BCUT2D eigenvalue weighted by Crippen LogP contribution is -2.26. The van der Waals surface area contributed by atoms with E-state index in [4.69, 9.17) is 4.42 Å². The molecule has 2 rings (SSSR count). The van der Waals surface area contributed by atoms with Crippen LogP contribution in [0, 0.1) is 6.92 Å². The van der Waals surface area contributed by atoms with Gasteiger partial charge in [0.15, 0.2) is 0 Å². The lowest BCUT2D eigenvalue weighted by atomic mass is 10.2. The zero-order valence-corrected chi connectivity index (χ0v) is 10.6. The van der Waals surface area contributed by atoms with Crippen LogP contribution < -0.4 is 10.7 Å². The Bertz CT molecular complexity index is 562. The fourth-order valence-electron chi connectivity index (χ4n) is 1.52. The Kier molecular flexibility index (Phi) is 4.34. The molecule has 1 heterocycles. The molecular formula is C14H15N3O2. The van der Waals surface area contributed by atoms with E-state index >= 15 is 0 Å². The maximum Gasteiger partial charge on any atom is 0.259 e. The Balaban J connectivity index is 1.78. The number of carbonyl (C=O) groups is 1. The van der Waals surface area contributed by atoms with Gasteiger partial charge in [0.1, 0.15) is 5.76 Å². The lowest BCUT2D eigenvalue weighted by molar-refractivity contribution is -0.119. The minimum Gasteiger partial charge on any atom is -0.463 e. The summed E-state index contributed by atoms with van der Waals surface area (Å²) in [5.41, 5.74) is 4.45. The normalized spacial score (nSPS) is 10.6. The van der Waals surface area contributed by atoms with Crippen LogP contribution in [0.5, 0.6) is 0 Å². The molecule has 1 aromatic carbocycles. The fourth-order valence-corrected chi connectivity index (χ4v) is 1.52. The highest BCUT2D eigenvalue weighted by Gasteiger charge is 2.01. The molecule has 0 aliphatic carbocycles. The summed E-state index contributed by atoms with van der Waals surface area (Å²) in [7, 11) is 0. The molecule has 19 heavy (non-hydrogen) atoms. The molecule has 0 spiro atoms. The minimum atomic E-state index is -0.217. The Morgan fingerprint density at radius 3 is 2.89 bits per heavy atom. The smallest absolute Gasteiger partial charge is 0.259 e. The number of benzene rings is 1. The van der Waals surface area contributed by atoms with E-state index in [-0.39, 0.29) is 12.5 Å². The molecule has 0 bridgehead atoms. The molecule has 0 atom stereocenters. The van der Waals surface area contributed by atoms with Gasteiger partial charge in [-0.15, -0.1) is 0 Å². The van der Waals surface area contributed by atoms with Crippen LogP contribution in [0.1, 0.15) is 11.3 Å². The van der Waals surface area contributed by atoms with Gasteiger partial charge in [-0.3, -0.25) is 4.79 Å². The molecule has 2 aromatic rings. The Morgan fingerprint density at radius 2 is 2.16 bits per heavy atom. The van der Waals surface area contributed by atoms with Crippen LogP contribution >= 0.6 is 0 Å². The average Bonchev–Trinajstić information content (AvgIpc) is 2.91. The summed E-state index contributed by atoms with van der Waals surface area (Å²) >= 11 is 0. The maximum absolute atomic E-state index is 11.5. The van der Waals surface area contributed by atoms with E-state index < -0.39 is 0 Å². The molecule has 98 valence electrons. The fraction of sp³-hybridized carbons (Fsp3) is 0.143. The summed E-state index contributed by atoms with van der Waals surface area (Å²) in [5, 5.41) is 6.84. The van der Waals surface area contributed by atoms with Crippen molar-refractivity contribution in [3.8, 4) is 0 Å². The van der Waals surface area contributed by atoms with Gasteiger partial charge in [-0.05, 0) is 30.7 Å². The van der Waals surface area contributed by atoms with Crippen molar-refractivity contribution in [3.63, 3.8) is 0 Å². The number of furan rings is 1. The molecule has 2 N–H and O–H groups in total. The number of carbonyl (C=O) groups excluding carboxylic acids is 1. The van der Waals surface area contributed by atoms with Crippen LogP contribution in [-0.2, 0) is 4.79 Å². The molecule has 0 fully saturated rings. The zero-order valence-electron chi connectivity index (χ0n) is 10.6. The van der Waals surface area contributed by atoms with Crippen LogP contribution in [0.15, 0.2) is 52.2 Å². The predicted octanol–water partition coefficient (Wildman–Crippen LogP) is 2.15. The van der Waals surface area contributed by atoms with Gasteiger partial charge in [0.25, 0.3) is 5.91 Å². The van der Waals surface area contributed by atoms with Crippen LogP contribution in [-0.4, -0.2) is 18.7 Å². The summed E-state index contributed by atoms with van der Waals surface area (Å²) < 4.78 is 5.04. The van der Waals surface area contributed by atoms with Crippen LogP contribution in [0.3, 0.4) is 0 Å². The number of hydrogen-bond donors (Lipinski definition) is 2. The van der Waals surface area contributed by atoms with Crippen molar-refractivity contribution in [2.24, 2.45) is 5.10 Å². The topological polar surface area (TPSA) is 66.6 Å². The van der Waals surface area contributed by atoms with Crippen LogP contribution in [0.25, 0.3) is 0 Å². The van der Waals surface area contributed by atoms with Crippen molar-refractivity contribution in [2.75, 3.05) is 11.9 Å². The molecule has 1 aromatic heterocycles. The van der Waals surface area contributed by atoms with Crippen molar-refractivity contribution in [1.29, 1.82) is 0 Å². The SMILES string of the molecule is Cc1ccccc1NCC(=O)NN=Cc1ccco1. The number of anilines is 1. The molecule has 5 heteroatoms. The Hall–Kier alpha value is -2.56. The molecule has 0 aliphatic rings. The highest BCUT2D eigenvalue weighted by atomic mass is 16.3. The highest BCUT2D eigenvalue weighted by Crippen LogP contribution is 2.12.